The molecule has 0 bridgehead atoms. The number of imide groups is 2. The lowest BCUT2D eigenvalue weighted by Gasteiger charge is -2.26. The quantitative estimate of drug-likeness (QED) is 0.501. The van der Waals surface area contributed by atoms with Crippen LogP contribution in [-0.4, -0.2) is 29.5 Å². The third-order valence-corrected chi connectivity index (χ3v) is 5.49. The number of benzene rings is 2. The largest absolute Gasteiger partial charge is 0.497 e. The van der Waals surface area contributed by atoms with Gasteiger partial charge in [0, 0.05) is 17.1 Å². The number of anilines is 1. The number of nitrogens with zero attached hydrogens (tertiary/aromatic N) is 2. The van der Waals surface area contributed by atoms with Gasteiger partial charge in [0.1, 0.15) is 11.3 Å². The summed E-state index contributed by atoms with van der Waals surface area (Å²) in [5.41, 5.74) is 4.75. The normalized spacial score (nSPS) is 15.3. The van der Waals surface area contributed by atoms with Gasteiger partial charge in [0.2, 0.25) is 0 Å². The van der Waals surface area contributed by atoms with Gasteiger partial charge < -0.3 is 9.30 Å². The van der Waals surface area contributed by atoms with E-state index in [-0.39, 0.29) is 5.57 Å². The second-order valence-corrected chi connectivity index (χ2v) is 7.65. The van der Waals surface area contributed by atoms with E-state index >= 15 is 0 Å². The number of aromatic nitrogens is 1. The number of rotatable bonds is 4. The first-order valence-corrected chi connectivity index (χ1v) is 10.1. The molecule has 1 saturated heterocycles. The number of ether oxygens (including phenoxy) is 1. The highest BCUT2D eigenvalue weighted by molar-refractivity contribution is 6.39. The summed E-state index contributed by atoms with van der Waals surface area (Å²) in [6.45, 7) is 5.77. The number of hydrogen-bond donors (Lipinski definition) is 1. The minimum absolute atomic E-state index is 0.0971. The van der Waals surface area contributed by atoms with Crippen LogP contribution in [0.5, 0.6) is 5.75 Å². The van der Waals surface area contributed by atoms with E-state index in [2.05, 4.69) is 5.32 Å². The highest BCUT2D eigenvalue weighted by Gasteiger charge is 2.37. The molecule has 1 N–H and O–H groups in total. The van der Waals surface area contributed by atoms with Crippen LogP contribution in [0, 0.1) is 20.8 Å². The maximum absolute atomic E-state index is 13.1. The first-order chi connectivity index (χ1) is 15.3. The zero-order valence-electron chi connectivity index (χ0n) is 18.3. The molecule has 4 rings (SSSR count). The molecule has 1 aliphatic heterocycles. The van der Waals surface area contributed by atoms with Crippen molar-refractivity contribution in [2.24, 2.45) is 0 Å². The first-order valence-electron chi connectivity index (χ1n) is 10.1. The van der Waals surface area contributed by atoms with Crippen molar-refractivity contribution < 1.29 is 19.1 Å². The van der Waals surface area contributed by atoms with Crippen molar-refractivity contribution >= 4 is 29.6 Å². The predicted octanol–water partition coefficient (Wildman–Crippen LogP) is 4.08. The van der Waals surface area contributed by atoms with Crippen LogP contribution in [0.2, 0.25) is 0 Å². The number of carbonyl (C=O) groups is 3. The smallest absolute Gasteiger partial charge is 0.335 e. The monoisotopic (exact) mass is 429 g/mol. The summed E-state index contributed by atoms with van der Waals surface area (Å²) < 4.78 is 7.25. The van der Waals surface area contributed by atoms with Gasteiger partial charge in [0.15, 0.2) is 0 Å². The summed E-state index contributed by atoms with van der Waals surface area (Å²) in [5, 5.41) is 2.27. The van der Waals surface area contributed by atoms with Crippen molar-refractivity contribution in [3.63, 3.8) is 0 Å². The van der Waals surface area contributed by atoms with Crippen LogP contribution in [-0.2, 0) is 9.59 Å². The first kappa shape index (κ1) is 21.1. The zero-order chi connectivity index (χ0) is 23.0. The van der Waals surface area contributed by atoms with Gasteiger partial charge in [-0.25, -0.2) is 9.69 Å². The van der Waals surface area contributed by atoms with Crippen molar-refractivity contribution in [2.75, 3.05) is 12.0 Å². The number of hydrogen-bond acceptors (Lipinski definition) is 4. The van der Waals surface area contributed by atoms with Gasteiger partial charge in [-0.05, 0) is 74.9 Å². The fourth-order valence-electron chi connectivity index (χ4n) is 3.80. The van der Waals surface area contributed by atoms with Gasteiger partial charge in [0.25, 0.3) is 11.8 Å². The average Bonchev–Trinajstić information content (AvgIpc) is 3.05. The number of urea groups is 1. The van der Waals surface area contributed by atoms with E-state index in [9.17, 15) is 14.4 Å². The fraction of sp³-hybridized carbons (Fsp3) is 0.160. The van der Waals surface area contributed by atoms with Crippen LogP contribution >= 0.6 is 0 Å². The lowest BCUT2D eigenvalue weighted by atomic mass is 10.1. The van der Waals surface area contributed by atoms with Gasteiger partial charge in [-0.2, -0.15) is 0 Å². The van der Waals surface area contributed by atoms with E-state index in [1.165, 1.54) is 6.08 Å². The van der Waals surface area contributed by atoms with E-state index < -0.39 is 17.8 Å². The third-order valence-electron chi connectivity index (χ3n) is 5.49. The summed E-state index contributed by atoms with van der Waals surface area (Å²) in [5.74, 6) is -0.613. The van der Waals surface area contributed by atoms with Gasteiger partial charge in [-0.15, -0.1) is 0 Å². The molecule has 1 aliphatic rings. The van der Waals surface area contributed by atoms with Gasteiger partial charge >= 0.3 is 6.03 Å². The number of aryl methyl sites for hydroxylation is 2. The molecule has 162 valence electrons. The van der Waals surface area contributed by atoms with Crippen LogP contribution in [0.1, 0.15) is 22.5 Å². The van der Waals surface area contributed by atoms with E-state index in [0.717, 1.165) is 38.9 Å². The average molecular weight is 429 g/mol. The lowest BCUT2D eigenvalue weighted by Crippen LogP contribution is -2.54. The van der Waals surface area contributed by atoms with Gasteiger partial charge in [-0.1, -0.05) is 17.7 Å². The predicted molar refractivity (Wildman–Crippen MR) is 122 cm³/mol. The summed E-state index contributed by atoms with van der Waals surface area (Å²) >= 11 is 0. The van der Waals surface area contributed by atoms with Crippen LogP contribution in [0.25, 0.3) is 11.8 Å². The molecule has 2 aromatic carbocycles. The molecule has 1 aromatic heterocycles. The Morgan fingerprint density at radius 1 is 0.875 bits per heavy atom. The summed E-state index contributed by atoms with van der Waals surface area (Å²) in [6, 6.07) is 15.7. The molecular weight excluding hydrogens is 406 g/mol. The molecule has 4 amide bonds. The molecule has 3 aromatic rings. The van der Waals surface area contributed by atoms with Crippen molar-refractivity contribution in [1.82, 2.24) is 9.88 Å². The second kappa shape index (κ2) is 8.19. The van der Waals surface area contributed by atoms with E-state index in [1.807, 2.05) is 55.7 Å². The Kier molecular flexibility index (Phi) is 5.40. The molecule has 0 spiro atoms. The van der Waals surface area contributed by atoms with Crippen LogP contribution < -0.4 is 15.0 Å². The molecular formula is C25H23N3O4. The van der Waals surface area contributed by atoms with Crippen molar-refractivity contribution in [2.45, 2.75) is 20.8 Å². The molecule has 32 heavy (non-hydrogen) atoms. The van der Waals surface area contributed by atoms with Crippen molar-refractivity contribution in [3.8, 4) is 11.4 Å². The Morgan fingerprint density at radius 3 is 2.12 bits per heavy atom. The number of methoxy groups -OCH3 is 1. The van der Waals surface area contributed by atoms with Crippen LogP contribution in [0.15, 0.2) is 60.2 Å². The Bertz CT molecular complexity index is 1250. The van der Waals surface area contributed by atoms with Crippen molar-refractivity contribution in [1.29, 1.82) is 0 Å². The van der Waals surface area contributed by atoms with E-state index in [0.29, 0.717) is 5.69 Å². The molecule has 0 atom stereocenters. The third kappa shape index (κ3) is 3.69. The molecule has 1 fully saturated rings. The molecule has 0 saturated carbocycles. The van der Waals surface area contributed by atoms with Crippen LogP contribution in [0.4, 0.5) is 10.5 Å². The number of nitrogens with one attached hydrogen (secondary N) is 1. The van der Waals surface area contributed by atoms with E-state index in [4.69, 9.17) is 4.74 Å². The number of amides is 4. The van der Waals surface area contributed by atoms with Gasteiger partial charge in [0.05, 0.1) is 12.8 Å². The van der Waals surface area contributed by atoms with E-state index in [1.54, 1.807) is 31.4 Å². The topological polar surface area (TPSA) is 80.6 Å². The zero-order valence-corrected chi connectivity index (χ0v) is 18.3. The molecule has 7 nitrogen and oxygen atoms in total. The summed E-state index contributed by atoms with van der Waals surface area (Å²) in [4.78, 5) is 39.0. The standard InChI is InChI=1S/C25H23N3O4/c1-15-5-7-20(8-6-15)28-24(30)22(23(29)26-25(28)31)14-18-13-16(2)27(17(18)3)19-9-11-21(32-4)12-10-19/h5-14H,1-4H3,(H,26,29,31)/b22-14+. The maximum atomic E-state index is 13.1. The highest BCUT2D eigenvalue weighted by Crippen LogP contribution is 2.27. The molecule has 2 heterocycles. The fourth-order valence-corrected chi connectivity index (χ4v) is 3.80. The summed E-state index contributed by atoms with van der Waals surface area (Å²) in [6.07, 6.45) is 1.54. The SMILES string of the molecule is COc1ccc(-n2c(C)cc(/C=C3\C(=O)NC(=O)N(c4ccc(C)cc4)C3=O)c2C)cc1. The maximum Gasteiger partial charge on any atom is 0.335 e. The Balaban J connectivity index is 1.73. The Labute approximate surface area is 185 Å². The molecule has 7 heteroatoms. The molecule has 0 unspecified atom stereocenters. The molecule has 0 aliphatic carbocycles. The highest BCUT2D eigenvalue weighted by atomic mass is 16.5. The Hall–Kier alpha value is -4.13. The van der Waals surface area contributed by atoms with Gasteiger partial charge in [-0.3, -0.25) is 14.9 Å². The number of barbiturate groups is 1. The lowest BCUT2D eigenvalue weighted by molar-refractivity contribution is -0.122. The van der Waals surface area contributed by atoms with Crippen molar-refractivity contribution in [3.05, 3.63) is 82.7 Å². The number of carbonyl (C=O) groups excluding carboxylic acids is 3. The Morgan fingerprint density at radius 2 is 1.50 bits per heavy atom. The summed E-state index contributed by atoms with van der Waals surface area (Å²) in [7, 11) is 1.61. The second-order valence-electron chi connectivity index (χ2n) is 7.65. The molecule has 0 radical (unpaired) electrons. The minimum atomic E-state index is -0.760. The van der Waals surface area contributed by atoms with Crippen LogP contribution in [0.3, 0.4) is 0 Å². The minimum Gasteiger partial charge on any atom is -0.497 e.